The second kappa shape index (κ2) is 6.93. The van der Waals surface area contributed by atoms with Crippen molar-refractivity contribution in [3.8, 4) is 0 Å². The van der Waals surface area contributed by atoms with Crippen LogP contribution in [-0.4, -0.2) is 12.4 Å². The van der Waals surface area contributed by atoms with Crippen LogP contribution in [0.25, 0.3) is 0 Å². The van der Waals surface area contributed by atoms with Crippen molar-refractivity contribution in [3.05, 3.63) is 65.2 Å². The van der Waals surface area contributed by atoms with Gasteiger partial charge in [-0.1, -0.05) is 36.4 Å². The van der Waals surface area contributed by atoms with Crippen LogP contribution < -0.4 is 10.6 Å². The van der Waals surface area contributed by atoms with Gasteiger partial charge in [0.25, 0.3) is 0 Å². The number of anilines is 1. The van der Waals surface area contributed by atoms with Gasteiger partial charge in [-0.25, -0.2) is 0 Å². The minimum atomic E-state index is 0.234. The van der Waals surface area contributed by atoms with E-state index in [0.29, 0.717) is 6.42 Å². The fourth-order valence-electron chi connectivity index (χ4n) is 2.48. The van der Waals surface area contributed by atoms with Crippen molar-refractivity contribution in [3.63, 3.8) is 0 Å². The second-order valence-electron chi connectivity index (χ2n) is 5.40. The summed E-state index contributed by atoms with van der Waals surface area (Å²) < 4.78 is 0. The zero-order valence-electron chi connectivity index (χ0n) is 12.8. The smallest absolute Gasteiger partial charge is 0.0923 e. The van der Waals surface area contributed by atoms with Crippen molar-refractivity contribution in [2.45, 2.75) is 26.8 Å². The van der Waals surface area contributed by atoms with E-state index in [-0.39, 0.29) is 5.84 Å². The van der Waals surface area contributed by atoms with E-state index in [9.17, 15) is 0 Å². The number of nitrogens with one attached hydrogen (secondary N) is 1. The van der Waals surface area contributed by atoms with Gasteiger partial charge in [0.1, 0.15) is 0 Å². The van der Waals surface area contributed by atoms with Crippen molar-refractivity contribution in [2.24, 2.45) is 5.73 Å². The Morgan fingerprint density at radius 2 is 1.62 bits per heavy atom. The Morgan fingerprint density at radius 3 is 2.19 bits per heavy atom. The zero-order chi connectivity index (χ0) is 15.2. The van der Waals surface area contributed by atoms with Gasteiger partial charge < -0.3 is 10.6 Å². The normalized spacial score (nSPS) is 10.4. The van der Waals surface area contributed by atoms with Gasteiger partial charge in [-0.15, -0.1) is 0 Å². The molecule has 0 spiro atoms. The number of hydrogen-bond donors (Lipinski definition) is 2. The Morgan fingerprint density at radius 1 is 1.00 bits per heavy atom. The molecule has 0 unspecified atom stereocenters. The number of amidine groups is 1. The predicted octanol–water partition coefficient (Wildman–Crippen LogP) is 3.64. The molecular formula is C18H23N3. The SMILES string of the molecule is Cc1cccc(C)c1CN(CCC(=N)N)c1ccccc1. The van der Waals surface area contributed by atoms with Gasteiger partial charge in [-0.05, 0) is 42.7 Å². The number of nitrogens with zero attached hydrogens (tertiary/aromatic N) is 1. The third kappa shape index (κ3) is 4.09. The molecule has 3 N–H and O–H groups in total. The van der Waals surface area contributed by atoms with Crippen molar-refractivity contribution in [2.75, 3.05) is 11.4 Å². The van der Waals surface area contributed by atoms with Crippen molar-refractivity contribution in [1.29, 1.82) is 5.41 Å². The molecule has 2 rings (SSSR count). The Balaban J connectivity index is 2.25. The molecule has 0 amide bonds. The summed E-state index contributed by atoms with van der Waals surface area (Å²) in [7, 11) is 0. The molecule has 0 radical (unpaired) electrons. The van der Waals surface area contributed by atoms with E-state index in [1.165, 1.54) is 22.4 Å². The third-order valence-corrected chi connectivity index (χ3v) is 3.77. The lowest BCUT2D eigenvalue weighted by molar-refractivity contribution is 0.794. The fourth-order valence-corrected chi connectivity index (χ4v) is 2.48. The molecule has 0 saturated carbocycles. The van der Waals surface area contributed by atoms with Crippen LogP contribution in [0.5, 0.6) is 0 Å². The molecule has 0 heterocycles. The predicted molar refractivity (Wildman–Crippen MR) is 89.9 cm³/mol. The second-order valence-corrected chi connectivity index (χ2v) is 5.40. The van der Waals surface area contributed by atoms with E-state index in [0.717, 1.165) is 13.1 Å². The van der Waals surface area contributed by atoms with Gasteiger partial charge in [0, 0.05) is 25.2 Å². The molecular weight excluding hydrogens is 258 g/mol. The molecule has 0 bridgehead atoms. The van der Waals surface area contributed by atoms with Crippen LogP contribution in [0.3, 0.4) is 0 Å². The first-order valence-electron chi connectivity index (χ1n) is 7.26. The van der Waals surface area contributed by atoms with Gasteiger partial charge in [0.2, 0.25) is 0 Å². The van der Waals surface area contributed by atoms with Crippen molar-refractivity contribution < 1.29 is 0 Å². The van der Waals surface area contributed by atoms with E-state index < -0.39 is 0 Å². The molecule has 3 heteroatoms. The molecule has 0 aliphatic heterocycles. The first-order chi connectivity index (χ1) is 10.1. The highest BCUT2D eigenvalue weighted by molar-refractivity contribution is 5.77. The number of para-hydroxylation sites is 1. The number of benzene rings is 2. The van der Waals surface area contributed by atoms with E-state index in [4.69, 9.17) is 11.1 Å². The maximum atomic E-state index is 7.47. The largest absolute Gasteiger partial charge is 0.388 e. The lowest BCUT2D eigenvalue weighted by Crippen LogP contribution is -2.28. The standard InChI is InChI=1S/C18H23N3/c1-14-7-6-8-15(2)17(14)13-21(12-11-18(19)20)16-9-4-3-5-10-16/h3-10H,11-13H2,1-2H3,(H3,19,20). The molecule has 0 aliphatic carbocycles. The molecule has 21 heavy (non-hydrogen) atoms. The Bertz CT molecular complexity index is 585. The molecule has 0 atom stereocenters. The minimum Gasteiger partial charge on any atom is -0.388 e. The highest BCUT2D eigenvalue weighted by Gasteiger charge is 2.11. The monoisotopic (exact) mass is 281 g/mol. The molecule has 2 aromatic rings. The molecule has 0 aromatic heterocycles. The number of aryl methyl sites for hydroxylation is 2. The minimum absolute atomic E-state index is 0.234. The topological polar surface area (TPSA) is 53.1 Å². The van der Waals surface area contributed by atoms with Gasteiger partial charge in [0.05, 0.1) is 5.84 Å². The van der Waals surface area contributed by atoms with Crippen LogP contribution in [0.15, 0.2) is 48.5 Å². The molecule has 0 fully saturated rings. The first-order valence-corrected chi connectivity index (χ1v) is 7.26. The number of hydrogen-bond acceptors (Lipinski definition) is 2. The number of nitrogens with two attached hydrogens (primary N) is 1. The van der Waals surface area contributed by atoms with Crippen LogP contribution in [0, 0.1) is 19.3 Å². The summed E-state index contributed by atoms with van der Waals surface area (Å²) in [4.78, 5) is 2.29. The van der Waals surface area contributed by atoms with Crippen LogP contribution >= 0.6 is 0 Å². The maximum absolute atomic E-state index is 7.47. The first kappa shape index (κ1) is 15.1. The lowest BCUT2D eigenvalue weighted by Gasteiger charge is -2.26. The van der Waals surface area contributed by atoms with Crippen molar-refractivity contribution >= 4 is 11.5 Å². The van der Waals surface area contributed by atoms with Crippen LogP contribution in [0.4, 0.5) is 5.69 Å². The van der Waals surface area contributed by atoms with Gasteiger partial charge >= 0.3 is 0 Å². The van der Waals surface area contributed by atoms with Gasteiger partial charge in [0.15, 0.2) is 0 Å². The van der Waals surface area contributed by atoms with Gasteiger partial charge in [-0.2, -0.15) is 0 Å². The molecule has 110 valence electrons. The Hall–Kier alpha value is -2.29. The summed E-state index contributed by atoms with van der Waals surface area (Å²) in [6.07, 6.45) is 0.583. The molecule has 0 saturated heterocycles. The van der Waals surface area contributed by atoms with Crippen LogP contribution in [0.2, 0.25) is 0 Å². The average molecular weight is 281 g/mol. The molecule has 3 nitrogen and oxygen atoms in total. The summed E-state index contributed by atoms with van der Waals surface area (Å²) >= 11 is 0. The summed E-state index contributed by atoms with van der Waals surface area (Å²) in [5, 5.41) is 7.47. The average Bonchev–Trinajstić information content (AvgIpc) is 2.47. The molecule has 2 aromatic carbocycles. The summed E-state index contributed by atoms with van der Waals surface area (Å²) in [5.74, 6) is 0.234. The Labute approximate surface area is 126 Å². The highest BCUT2D eigenvalue weighted by atomic mass is 15.1. The highest BCUT2D eigenvalue weighted by Crippen LogP contribution is 2.21. The van der Waals surface area contributed by atoms with Crippen LogP contribution in [0.1, 0.15) is 23.1 Å². The summed E-state index contributed by atoms with van der Waals surface area (Å²) in [5.41, 5.74) is 10.7. The van der Waals surface area contributed by atoms with Gasteiger partial charge in [-0.3, -0.25) is 5.41 Å². The van der Waals surface area contributed by atoms with E-state index in [2.05, 4.69) is 49.1 Å². The molecule has 0 aliphatic rings. The van der Waals surface area contributed by atoms with E-state index in [1.54, 1.807) is 0 Å². The number of rotatable bonds is 6. The summed E-state index contributed by atoms with van der Waals surface area (Å²) in [6, 6.07) is 16.7. The van der Waals surface area contributed by atoms with Crippen molar-refractivity contribution in [1.82, 2.24) is 0 Å². The van der Waals surface area contributed by atoms with E-state index in [1.807, 2.05) is 18.2 Å². The Kier molecular flexibility index (Phi) is 4.99. The zero-order valence-corrected chi connectivity index (χ0v) is 12.8. The fraction of sp³-hybridized carbons (Fsp3) is 0.278. The maximum Gasteiger partial charge on any atom is 0.0923 e. The third-order valence-electron chi connectivity index (χ3n) is 3.77. The van der Waals surface area contributed by atoms with Crippen LogP contribution in [-0.2, 0) is 6.54 Å². The quantitative estimate of drug-likeness (QED) is 0.627. The lowest BCUT2D eigenvalue weighted by atomic mass is 10.0. The van der Waals surface area contributed by atoms with E-state index >= 15 is 0 Å². The summed E-state index contributed by atoms with van der Waals surface area (Å²) in [6.45, 7) is 5.90.